The first-order valence-electron chi connectivity index (χ1n) is 31.6. The summed E-state index contributed by atoms with van der Waals surface area (Å²) in [5.74, 6) is 3.96. The first kappa shape index (κ1) is 79.8. The number of aromatic amines is 1. The fourth-order valence-electron chi connectivity index (χ4n) is 11.4. The number of anilines is 2. The van der Waals surface area contributed by atoms with Crippen LogP contribution in [0.25, 0.3) is 20.9 Å². The molecule has 4 heterocycles. The summed E-state index contributed by atoms with van der Waals surface area (Å²) < 4.78 is 113. The Morgan fingerprint density at radius 3 is 2.35 bits per heavy atom. The van der Waals surface area contributed by atoms with E-state index in [4.69, 9.17) is 44.5 Å². The molecule has 5 aromatic rings. The van der Waals surface area contributed by atoms with Crippen LogP contribution in [-0.4, -0.2) is 154 Å². The second kappa shape index (κ2) is 35.5. The standard InChI is InChI=1S/C63H74N13O23P3S/c1-62(2)47-21-10-11-22-50(47)76(44-18-7-5-8-19-44)54(62)24-14-23-53-63(3,4)48-35-46(103(89,90)91)26-27-49(48)74(53)31-12-6-9-25-55(77)67-29-30-68-59(79)42-16-13-20-45(34-42)94-40-57(71-73-65)93-33-32-92-39-56(78)66-28-15-17-43-37-75(61(81)70-60(43)80)58-36-51(95-41-69-72-64)52(97-58)38-96-101(85,86)99-102(87,88)98-100(82,83)84/h5,7-8,10-11,13-14,16,18-24,26-27,34-35,37,51-52,57-58H,6,9,12,25,28-33,36,38-41H2,1-4H3,(H8-,66,67,68,70,77,78,79,80,81,82,83,84,85,86,87,88,89,90,91)/p+1. The average molecular weight is 1510 g/mol. The number of carbonyl (C=O) groups is 3. The minimum atomic E-state index is -5.87. The minimum Gasteiger partial charge on any atom is -0.491 e. The van der Waals surface area contributed by atoms with E-state index in [0.29, 0.717) is 25.8 Å². The molecule has 6 unspecified atom stereocenters. The lowest BCUT2D eigenvalue weighted by Crippen LogP contribution is -2.34. The lowest BCUT2D eigenvalue weighted by molar-refractivity contribution is -0.438. The van der Waals surface area contributed by atoms with Crippen LogP contribution in [0.1, 0.15) is 93.1 Å². The van der Waals surface area contributed by atoms with Crippen LogP contribution in [-0.2, 0) is 76.3 Å². The van der Waals surface area contributed by atoms with Gasteiger partial charge in [-0.05, 0) is 97.9 Å². The Labute approximate surface area is 589 Å². The van der Waals surface area contributed by atoms with Gasteiger partial charge >= 0.3 is 29.2 Å². The number of H-pyrrole nitrogens is 1. The molecule has 0 bridgehead atoms. The van der Waals surface area contributed by atoms with Crippen LogP contribution in [0, 0.1) is 11.8 Å². The van der Waals surface area contributed by atoms with Crippen LogP contribution < -0.4 is 36.8 Å². The zero-order chi connectivity index (χ0) is 74.8. The molecule has 3 aliphatic rings. The number of benzene rings is 4. The van der Waals surface area contributed by atoms with Crippen molar-refractivity contribution in [3.05, 3.63) is 191 Å². The Hall–Kier alpha value is -8.94. The summed E-state index contributed by atoms with van der Waals surface area (Å²) >= 11 is 0. The molecular formula is C63H75N13O23P3S+. The van der Waals surface area contributed by atoms with Gasteiger partial charge in [-0.1, -0.05) is 84.5 Å². The molecule has 1 saturated heterocycles. The van der Waals surface area contributed by atoms with Crippen molar-refractivity contribution in [2.24, 2.45) is 10.2 Å². The van der Waals surface area contributed by atoms with E-state index in [2.05, 4.69) is 121 Å². The summed E-state index contributed by atoms with van der Waals surface area (Å²) in [5, 5.41) is 14.8. The van der Waals surface area contributed by atoms with E-state index in [0.717, 1.165) is 44.8 Å². The summed E-state index contributed by atoms with van der Waals surface area (Å²) in [4.78, 5) is 110. The van der Waals surface area contributed by atoms with E-state index in [1.54, 1.807) is 24.3 Å². The molecule has 0 saturated carbocycles. The first-order valence-corrected chi connectivity index (χ1v) is 37.6. The van der Waals surface area contributed by atoms with E-state index < -0.39 is 107 Å². The molecule has 3 aliphatic heterocycles. The third kappa shape index (κ3) is 22.3. The van der Waals surface area contributed by atoms with Crippen LogP contribution in [0.2, 0.25) is 0 Å². The van der Waals surface area contributed by atoms with E-state index in [9.17, 15) is 60.4 Å². The third-order valence-electron chi connectivity index (χ3n) is 16.1. The third-order valence-corrected chi connectivity index (χ3v) is 20.8. The van der Waals surface area contributed by atoms with Gasteiger partial charge in [-0.2, -0.15) is 21.6 Å². The number of amides is 3. The zero-order valence-electron chi connectivity index (χ0n) is 55.8. The van der Waals surface area contributed by atoms with Crippen LogP contribution in [0.3, 0.4) is 0 Å². The van der Waals surface area contributed by atoms with E-state index in [1.807, 2.05) is 55.2 Å². The molecular weight excluding hydrogens is 1430 g/mol. The minimum absolute atomic E-state index is 0.115. The second-order valence-corrected chi connectivity index (χ2v) is 29.8. The van der Waals surface area contributed by atoms with Crippen LogP contribution in [0.4, 0.5) is 17.1 Å². The number of ether oxygens (including phenoxy) is 5. The predicted octanol–water partition coefficient (Wildman–Crippen LogP) is 7.34. The first-order chi connectivity index (χ1) is 48.8. The number of allylic oxidation sites excluding steroid dienone is 4. The maximum absolute atomic E-state index is 13.1. The molecule has 4 aromatic carbocycles. The van der Waals surface area contributed by atoms with Gasteiger partial charge in [0.1, 0.15) is 50.1 Å². The lowest BCUT2D eigenvalue weighted by atomic mass is 9.81. The number of nitrogens with zero attached hydrogens (tertiary/aromatic N) is 9. The second-order valence-electron chi connectivity index (χ2n) is 24.0. The number of hydrogen-bond acceptors (Lipinski definition) is 21. The molecule has 0 aliphatic carbocycles. The summed E-state index contributed by atoms with van der Waals surface area (Å²) in [6, 6.07) is 29.3. The van der Waals surface area contributed by atoms with Crippen molar-refractivity contribution in [3.8, 4) is 17.6 Å². The Balaban J connectivity index is 0.736. The highest BCUT2D eigenvalue weighted by atomic mass is 32.2. The van der Waals surface area contributed by atoms with Crippen LogP contribution >= 0.6 is 23.5 Å². The molecule has 550 valence electrons. The highest BCUT2D eigenvalue weighted by Gasteiger charge is 2.47. The fourth-order valence-corrected chi connectivity index (χ4v) is 14.9. The van der Waals surface area contributed by atoms with E-state index >= 15 is 0 Å². The summed E-state index contributed by atoms with van der Waals surface area (Å²) in [6.45, 7) is 6.24. The number of unbranched alkanes of at least 4 members (excludes halogenated alkanes) is 2. The predicted molar refractivity (Wildman–Crippen MR) is 368 cm³/mol. The summed E-state index contributed by atoms with van der Waals surface area (Å²) in [5.41, 5.74) is 21.7. The topological polar surface area (TPSA) is 506 Å². The lowest BCUT2D eigenvalue weighted by Gasteiger charge is -2.27. The zero-order valence-corrected chi connectivity index (χ0v) is 59.3. The number of nitrogens with one attached hydrogen (secondary N) is 4. The maximum Gasteiger partial charge on any atom is 0.490 e. The smallest absolute Gasteiger partial charge is 0.490 e. The summed E-state index contributed by atoms with van der Waals surface area (Å²) in [7, 11) is -21.7. The number of azide groups is 2. The molecule has 40 heteroatoms. The van der Waals surface area contributed by atoms with Gasteiger partial charge in [-0.25, -0.2) is 18.5 Å². The highest BCUT2D eigenvalue weighted by Crippen LogP contribution is 2.66. The number of carbonyl (C=O) groups excluding carboxylic acids is 3. The molecule has 3 amide bonds. The number of fused-ring (bicyclic) bond motifs is 2. The van der Waals surface area contributed by atoms with Gasteiger partial charge in [0.15, 0.2) is 11.9 Å². The van der Waals surface area contributed by atoms with Crippen molar-refractivity contribution in [1.29, 1.82) is 0 Å². The van der Waals surface area contributed by atoms with Gasteiger partial charge in [0.2, 0.25) is 17.5 Å². The van der Waals surface area contributed by atoms with Crippen molar-refractivity contribution in [2.75, 3.05) is 70.8 Å². The van der Waals surface area contributed by atoms with Crippen molar-refractivity contribution in [1.82, 2.24) is 25.5 Å². The Kier molecular flexibility index (Phi) is 27.5. The van der Waals surface area contributed by atoms with Gasteiger partial charge in [0, 0.05) is 94.1 Å². The van der Waals surface area contributed by atoms with Crippen LogP contribution in [0.15, 0.2) is 152 Å². The molecule has 6 atom stereocenters. The number of aromatic nitrogens is 2. The molecule has 1 fully saturated rings. The Morgan fingerprint density at radius 1 is 0.864 bits per heavy atom. The largest absolute Gasteiger partial charge is 0.491 e. The highest BCUT2D eigenvalue weighted by molar-refractivity contribution is 7.85. The van der Waals surface area contributed by atoms with Gasteiger partial charge in [0.05, 0.1) is 42.8 Å². The number of rotatable bonds is 36. The maximum atomic E-state index is 13.1. The monoisotopic (exact) mass is 1510 g/mol. The molecule has 103 heavy (non-hydrogen) atoms. The van der Waals surface area contributed by atoms with E-state index in [1.165, 1.54) is 23.8 Å². The quantitative estimate of drug-likeness (QED) is 0.00277. The molecule has 0 spiro atoms. The number of phosphoric acid groups is 3. The number of hydrogen-bond donors (Lipinski definition) is 9. The van der Waals surface area contributed by atoms with Crippen LogP contribution in [0.5, 0.6) is 5.75 Å². The van der Waals surface area contributed by atoms with Gasteiger partial charge in [-0.3, -0.25) is 37.8 Å². The van der Waals surface area contributed by atoms with E-state index in [-0.39, 0.29) is 85.4 Å². The molecule has 1 aromatic heterocycles. The normalized spacial score (nSPS) is 18.5. The van der Waals surface area contributed by atoms with Gasteiger partial charge in [0.25, 0.3) is 21.6 Å². The average Bonchev–Trinajstić information content (AvgIpc) is 1.59. The number of para-hydroxylation sites is 2. The molecule has 36 nitrogen and oxygen atoms in total. The number of phosphoric ester groups is 1. The fraction of sp³-hybridized carbons (Fsp3) is 0.397. The SMILES string of the molecule is CC1(C)C(/C=C/C=C2/N(c3ccccc3)c3ccccc3C2(C)C)=[N+](CCCCCC(=O)NCCNC(=O)c2cccc(OCC(N=[N+]=[N-])OCCOCC(=O)NCC#Cc3cn(C4CC(OCN=[N+]=[N-])C(COP(=O)(O)OP(=O)(O)OP(=O)(O)O)O4)c(=O)[nH]c3=O)c2)c2ccc(S(=O)(=O)O)cc21. The van der Waals surface area contributed by atoms with Crippen molar-refractivity contribution in [3.63, 3.8) is 0 Å². The molecule has 8 rings (SSSR count). The Morgan fingerprint density at radius 2 is 1.61 bits per heavy atom. The van der Waals surface area contributed by atoms with Gasteiger partial charge < -0.3 is 64.1 Å². The summed E-state index contributed by atoms with van der Waals surface area (Å²) in [6.07, 6.45) is 4.02. The van der Waals surface area contributed by atoms with Gasteiger partial charge in [-0.15, -0.1) is 0 Å². The molecule has 0 radical (unpaired) electrons. The van der Waals surface area contributed by atoms with Crippen molar-refractivity contribution >= 4 is 74.1 Å². The van der Waals surface area contributed by atoms with Crippen molar-refractivity contribution in [2.45, 2.75) is 100 Å². The Bertz CT molecular complexity index is 4620. The molecule has 9 N–H and O–H groups in total. The van der Waals surface area contributed by atoms with Crippen molar-refractivity contribution < 1.29 is 102 Å².